The van der Waals surface area contributed by atoms with Gasteiger partial charge in [0.2, 0.25) is 0 Å². The Morgan fingerprint density at radius 1 is 1.14 bits per heavy atom. The fraction of sp³-hybridized carbons (Fsp3) is 0.464. The molecule has 3 aromatic rings. The number of nitrogens with two attached hydrogens (primary N) is 1. The maximum Gasteiger partial charge on any atom is 0.251 e. The number of anilines is 1. The maximum absolute atomic E-state index is 12.6. The standard InChI is InChI=1S/C28H36N6O2/c1-32(2)12-13-33(3)23-16-21(26-20(10-11-30-26)25(23)28(29)35)18-14-22-27(24(15-18)36-4)34(17-31-22)19-8-6-5-7-9-19/h11,14-17,19H,5-10,12-13H2,1-4H3,(H2,29,35). The Labute approximate surface area is 212 Å². The highest BCUT2D eigenvalue weighted by Crippen LogP contribution is 2.45. The molecule has 1 aromatic heterocycles. The number of methoxy groups -OCH3 is 1. The van der Waals surface area contributed by atoms with Crippen molar-refractivity contribution in [1.82, 2.24) is 14.5 Å². The van der Waals surface area contributed by atoms with E-state index in [4.69, 9.17) is 15.5 Å². The first-order valence-corrected chi connectivity index (χ1v) is 12.8. The molecule has 2 heterocycles. The third kappa shape index (κ3) is 4.34. The number of amides is 1. The third-order valence-electron chi connectivity index (χ3n) is 7.57. The average molecular weight is 489 g/mol. The van der Waals surface area contributed by atoms with Crippen molar-refractivity contribution >= 4 is 34.5 Å². The Morgan fingerprint density at radius 3 is 2.61 bits per heavy atom. The van der Waals surface area contributed by atoms with E-state index in [1.807, 2.05) is 33.7 Å². The van der Waals surface area contributed by atoms with Gasteiger partial charge < -0.3 is 24.8 Å². The lowest BCUT2D eigenvalue weighted by atomic mass is 9.92. The summed E-state index contributed by atoms with van der Waals surface area (Å²) in [7, 11) is 7.81. The smallest absolute Gasteiger partial charge is 0.251 e. The molecule has 1 aliphatic carbocycles. The number of hydrogen-bond acceptors (Lipinski definition) is 6. The van der Waals surface area contributed by atoms with Crippen molar-refractivity contribution < 1.29 is 9.53 Å². The summed E-state index contributed by atoms with van der Waals surface area (Å²) in [4.78, 5) is 26.3. The second kappa shape index (κ2) is 9.93. The quantitative estimate of drug-likeness (QED) is 0.502. The van der Waals surface area contributed by atoms with Gasteiger partial charge in [-0.25, -0.2) is 4.98 Å². The lowest BCUT2D eigenvalue weighted by Crippen LogP contribution is -2.30. The van der Waals surface area contributed by atoms with Crippen LogP contribution in [0.1, 0.15) is 54.1 Å². The summed E-state index contributed by atoms with van der Waals surface area (Å²) in [6.45, 7) is 1.62. The van der Waals surface area contributed by atoms with Crippen molar-refractivity contribution in [3.05, 3.63) is 35.7 Å². The maximum atomic E-state index is 12.6. The van der Waals surface area contributed by atoms with Crippen molar-refractivity contribution in [2.45, 2.75) is 44.6 Å². The second-order valence-electron chi connectivity index (χ2n) is 10.2. The van der Waals surface area contributed by atoms with Gasteiger partial charge in [0.05, 0.1) is 35.9 Å². The number of nitrogens with zero attached hydrogens (tertiary/aromatic N) is 5. The van der Waals surface area contributed by atoms with Gasteiger partial charge in [0.25, 0.3) is 5.91 Å². The van der Waals surface area contributed by atoms with Gasteiger partial charge >= 0.3 is 0 Å². The largest absolute Gasteiger partial charge is 0.494 e. The second-order valence-corrected chi connectivity index (χ2v) is 10.2. The van der Waals surface area contributed by atoms with E-state index in [0.29, 0.717) is 18.0 Å². The first kappa shape index (κ1) is 24.3. The molecule has 2 aliphatic rings. The van der Waals surface area contributed by atoms with Crippen LogP contribution in [0.5, 0.6) is 5.75 Å². The van der Waals surface area contributed by atoms with Crippen LogP contribution in [-0.2, 0) is 6.42 Å². The molecule has 1 fully saturated rings. The summed E-state index contributed by atoms with van der Waals surface area (Å²) < 4.78 is 8.22. The molecule has 1 saturated carbocycles. The minimum absolute atomic E-state index is 0.422. The Kier molecular flexibility index (Phi) is 6.71. The molecule has 5 rings (SSSR count). The predicted molar refractivity (Wildman–Crippen MR) is 146 cm³/mol. The molecule has 0 unspecified atom stereocenters. The van der Waals surface area contributed by atoms with Gasteiger partial charge in [-0.3, -0.25) is 9.79 Å². The molecule has 190 valence electrons. The van der Waals surface area contributed by atoms with E-state index in [1.165, 1.54) is 32.1 Å². The molecule has 2 aromatic carbocycles. The molecule has 2 N–H and O–H groups in total. The van der Waals surface area contributed by atoms with Gasteiger partial charge in [-0.2, -0.15) is 0 Å². The number of fused-ring (bicyclic) bond motifs is 2. The van der Waals surface area contributed by atoms with Gasteiger partial charge in [0.15, 0.2) is 0 Å². The molecule has 0 bridgehead atoms. The van der Waals surface area contributed by atoms with Crippen LogP contribution in [0.25, 0.3) is 22.2 Å². The van der Waals surface area contributed by atoms with E-state index < -0.39 is 5.91 Å². The van der Waals surface area contributed by atoms with E-state index in [0.717, 1.165) is 57.9 Å². The minimum Gasteiger partial charge on any atom is -0.494 e. The average Bonchev–Trinajstić information content (AvgIpc) is 3.53. The number of aromatic nitrogens is 2. The summed E-state index contributed by atoms with van der Waals surface area (Å²) in [5.74, 6) is 0.386. The van der Waals surface area contributed by atoms with Crippen LogP contribution in [0, 0.1) is 0 Å². The van der Waals surface area contributed by atoms with Crippen LogP contribution < -0.4 is 15.4 Å². The van der Waals surface area contributed by atoms with Gasteiger partial charge in [-0.15, -0.1) is 0 Å². The van der Waals surface area contributed by atoms with Crippen molar-refractivity contribution in [2.75, 3.05) is 46.2 Å². The molecule has 8 nitrogen and oxygen atoms in total. The third-order valence-corrected chi connectivity index (χ3v) is 7.57. The normalized spacial score (nSPS) is 15.6. The fourth-order valence-corrected chi connectivity index (χ4v) is 5.63. The summed E-state index contributed by atoms with van der Waals surface area (Å²) in [6.07, 6.45) is 10.6. The summed E-state index contributed by atoms with van der Waals surface area (Å²) in [5.41, 5.74) is 12.9. The lowest BCUT2D eigenvalue weighted by molar-refractivity contribution is 0.1000. The van der Waals surface area contributed by atoms with E-state index >= 15 is 0 Å². The first-order chi connectivity index (χ1) is 17.4. The summed E-state index contributed by atoms with van der Waals surface area (Å²) >= 11 is 0. The lowest BCUT2D eigenvalue weighted by Gasteiger charge is -2.26. The highest BCUT2D eigenvalue weighted by atomic mass is 16.5. The molecule has 1 aliphatic heterocycles. The van der Waals surface area contributed by atoms with E-state index in [9.17, 15) is 4.79 Å². The van der Waals surface area contributed by atoms with E-state index in [-0.39, 0.29) is 0 Å². The molecule has 0 atom stereocenters. The van der Waals surface area contributed by atoms with Gasteiger partial charge in [0.1, 0.15) is 11.3 Å². The zero-order valence-corrected chi connectivity index (χ0v) is 21.8. The number of benzene rings is 2. The van der Waals surface area contributed by atoms with Gasteiger partial charge in [0, 0.05) is 44.4 Å². The van der Waals surface area contributed by atoms with Crippen molar-refractivity contribution in [2.24, 2.45) is 10.7 Å². The predicted octanol–water partition coefficient (Wildman–Crippen LogP) is 4.57. The Morgan fingerprint density at radius 2 is 1.92 bits per heavy atom. The van der Waals surface area contributed by atoms with Crippen LogP contribution in [0.4, 0.5) is 11.4 Å². The Bertz CT molecular complexity index is 1320. The highest BCUT2D eigenvalue weighted by Gasteiger charge is 2.27. The molecular weight excluding hydrogens is 452 g/mol. The van der Waals surface area contributed by atoms with Crippen LogP contribution in [-0.4, -0.2) is 67.9 Å². The van der Waals surface area contributed by atoms with Gasteiger partial charge in [-0.05, 0) is 56.3 Å². The zero-order valence-electron chi connectivity index (χ0n) is 21.8. The molecule has 0 saturated heterocycles. The number of aliphatic imine (C=N–C) groups is 1. The number of hydrogen-bond donors (Lipinski definition) is 1. The molecule has 8 heteroatoms. The first-order valence-electron chi connectivity index (χ1n) is 12.8. The number of imidazole rings is 1. The summed E-state index contributed by atoms with van der Waals surface area (Å²) in [6, 6.07) is 6.72. The highest BCUT2D eigenvalue weighted by molar-refractivity contribution is 6.07. The topological polar surface area (TPSA) is 89.0 Å². The number of carbonyl (C=O) groups excluding carboxylic acids is 1. The molecule has 0 radical (unpaired) electrons. The number of likely N-dealkylation sites (N-methyl/N-ethyl adjacent to an activating group) is 2. The van der Waals surface area contributed by atoms with Crippen molar-refractivity contribution in [3.8, 4) is 16.9 Å². The monoisotopic (exact) mass is 488 g/mol. The van der Waals surface area contributed by atoms with Crippen LogP contribution in [0.15, 0.2) is 29.5 Å². The Balaban J connectivity index is 1.65. The van der Waals surface area contributed by atoms with Gasteiger partial charge in [-0.1, -0.05) is 19.3 Å². The van der Waals surface area contributed by atoms with E-state index in [1.54, 1.807) is 7.11 Å². The van der Waals surface area contributed by atoms with E-state index in [2.05, 4.69) is 37.6 Å². The molecular formula is C28H36N6O2. The summed E-state index contributed by atoms with van der Waals surface area (Å²) in [5, 5.41) is 0. The van der Waals surface area contributed by atoms with Crippen molar-refractivity contribution in [1.29, 1.82) is 0 Å². The Hall–Kier alpha value is -3.39. The molecule has 0 spiro atoms. The SMILES string of the molecule is COc1cc(-c2cc(N(C)CCN(C)C)c(C(N)=O)c3c2N=CC3)cc2ncn(C3CCCCC3)c12. The number of carbonyl (C=O) groups is 1. The van der Waals surface area contributed by atoms with Crippen molar-refractivity contribution in [3.63, 3.8) is 0 Å². The minimum atomic E-state index is -0.422. The van der Waals surface area contributed by atoms with Crippen LogP contribution in [0.3, 0.4) is 0 Å². The number of rotatable bonds is 8. The van der Waals surface area contributed by atoms with Crippen LogP contribution in [0.2, 0.25) is 0 Å². The number of primary amides is 1. The fourth-order valence-electron chi connectivity index (χ4n) is 5.63. The zero-order chi connectivity index (χ0) is 25.4. The molecule has 36 heavy (non-hydrogen) atoms. The number of ether oxygens (including phenoxy) is 1. The van der Waals surface area contributed by atoms with Crippen LogP contribution >= 0.6 is 0 Å². The molecule has 1 amide bonds.